The number of aromatic nitrogens is 1. The van der Waals surface area contributed by atoms with E-state index < -0.39 is 6.10 Å². The molecule has 22 heavy (non-hydrogen) atoms. The van der Waals surface area contributed by atoms with Gasteiger partial charge in [-0.15, -0.1) is 0 Å². The van der Waals surface area contributed by atoms with E-state index in [0.29, 0.717) is 22.2 Å². The summed E-state index contributed by atoms with van der Waals surface area (Å²) in [5.41, 5.74) is 2.18. The van der Waals surface area contributed by atoms with Crippen LogP contribution in [0.1, 0.15) is 29.5 Å². The summed E-state index contributed by atoms with van der Waals surface area (Å²) in [6, 6.07) is 10.4. The second-order valence-corrected chi connectivity index (χ2v) is 5.84. The van der Waals surface area contributed by atoms with Crippen LogP contribution in [-0.2, 0) is 11.3 Å². The first-order valence-corrected chi connectivity index (χ1v) is 7.53. The van der Waals surface area contributed by atoms with Gasteiger partial charge in [-0.2, -0.15) is 0 Å². The molecule has 1 atom stereocenters. The quantitative estimate of drug-likeness (QED) is 0.877. The van der Waals surface area contributed by atoms with E-state index in [2.05, 4.69) is 10.3 Å². The Morgan fingerprint density at radius 3 is 2.59 bits per heavy atom. The second-order valence-electron chi connectivity index (χ2n) is 4.97. The van der Waals surface area contributed by atoms with Gasteiger partial charge in [-0.1, -0.05) is 29.3 Å². The normalized spacial score (nSPS) is 12.0. The lowest BCUT2D eigenvalue weighted by atomic mass is 10.1. The zero-order valence-corrected chi connectivity index (χ0v) is 13.5. The van der Waals surface area contributed by atoms with Crippen molar-refractivity contribution >= 4 is 29.1 Å². The molecule has 0 radical (unpaired) electrons. The van der Waals surface area contributed by atoms with E-state index in [4.69, 9.17) is 23.2 Å². The van der Waals surface area contributed by atoms with Crippen LogP contribution in [0.4, 0.5) is 0 Å². The van der Waals surface area contributed by atoms with Gasteiger partial charge >= 0.3 is 0 Å². The Hall–Kier alpha value is -1.62. The van der Waals surface area contributed by atoms with Crippen LogP contribution in [0, 0.1) is 6.92 Å². The highest BCUT2D eigenvalue weighted by atomic mass is 35.5. The van der Waals surface area contributed by atoms with Crippen LogP contribution in [0.15, 0.2) is 36.4 Å². The largest absolute Gasteiger partial charge is 0.388 e. The van der Waals surface area contributed by atoms with E-state index in [9.17, 15) is 9.90 Å². The SMILES string of the molecule is Cc1cccc(CNC(=O)CC(O)c2cc(Cl)cc(Cl)c2)n1. The summed E-state index contributed by atoms with van der Waals surface area (Å²) < 4.78 is 0. The minimum atomic E-state index is -0.957. The number of carbonyl (C=O) groups is 1. The molecule has 6 heteroatoms. The number of aliphatic hydroxyl groups excluding tert-OH is 1. The molecule has 0 bridgehead atoms. The topological polar surface area (TPSA) is 62.2 Å². The molecule has 0 aliphatic rings. The Morgan fingerprint density at radius 2 is 1.95 bits per heavy atom. The third-order valence-corrected chi connectivity index (χ3v) is 3.50. The van der Waals surface area contributed by atoms with Gasteiger partial charge in [0.25, 0.3) is 0 Å². The van der Waals surface area contributed by atoms with Crippen molar-refractivity contribution in [3.05, 3.63) is 63.4 Å². The van der Waals surface area contributed by atoms with Crippen LogP contribution in [0.3, 0.4) is 0 Å². The second kappa shape index (κ2) is 7.58. The molecule has 4 nitrogen and oxygen atoms in total. The standard InChI is InChI=1S/C16H16Cl2N2O2/c1-10-3-2-4-14(20-10)9-19-16(22)8-15(21)11-5-12(17)7-13(18)6-11/h2-7,15,21H,8-9H2,1H3,(H,19,22). The molecule has 116 valence electrons. The van der Waals surface area contributed by atoms with Gasteiger partial charge in [0.2, 0.25) is 5.91 Å². The van der Waals surface area contributed by atoms with E-state index in [-0.39, 0.29) is 12.3 Å². The number of pyridine rings is 1. The number of aliphatic hydroxyl groups is 1. The molecule has 1 aromatic heterocycles. The summed E-state index contributed by atoms with van der Waals surface area (Å²) in [5, 5.41) is 13.7. The van der Waals surface area contributed by atoms with Crippen molar-refractivity contribution in [2.24, 2.45) is 0 Å². The Kier molecular flexibility index (Phi) is 5.77. The fourth-order valence-corrected chi connectivity index (χ4v) is 2.56. The van der Waals surface area contributed by atoms with Crippen LogP contribution in [0.2, 0.25) is 10.0 Å². The van der Waals surface area contributed by atoms with E-state index in [1.54, 1.807) is 18.2 Å². The van der Waals surface area contributed by atoms with Gasteiger partial charge in [0.1, 0.15) is 0 Å². The van der Waals surface area contributed by atoms with E-state index >= 15 is 0 Å². The van der Waals surface area contributed by atoms with Gasteiger partial charge in [-0.3, -0.25) is 9.78 Å². The maximum atomic E-state index is 11.9. The summed E-state index contributed by atoms with van der Waals surface area (Å²) in [6.07, 6.45) is -1.02. The molecule has 2 N–H and O–H groups in total. The van der Waals surface area contributed by atoms with Crippen molar-refractivity contribution in [3.63, 3.8) is 0 Å². The minimum absolute atomic E-state index is 0.0670. The zero-order valence-electron chi connectivity index (χ0n) is 12.0. The number of nitrogens with zero attached hydrogens (tertiary/aromatic N) is 1. The highest BCUT2D eigenvalue weighted by Crippen LogP contribution is 2.25. The highest BCUT2D eigenvalue weighted by molar-refractivity contribution is 6.34. The summed E-state index contributed by atoms with van der Waals surface area (Å²) in [7, 11) is 0. The molecule has 1 amide bonds. The van der Waals surface area contributed by atoms with Crippen LogP contribution in [0.25, 0.3) is 0 Å². The number of halogens is 2. The number of nitrogens with one attached hydrogen (secondary N) is 1. The van der Waals surface area contributed by atoms with Gasteiger partial charge in [-0.05, 0) is 42.8 Å². The monoisotopic (exact) mass is 338 g/mol. The Morgan fingerprint density at radius 1 is 1.27 bits per heavy atom. The van der Waals surface area contributed by atoms with Crippen LogP contribution in [-0.4, -0.2) is 16.0 Å². The van der Waals surface area contributed by atoms with Gasteiger partial charge in [0.05, 0.1) is 24.8 Å². The molecule has 0 aliphatic carbocycles. The zero-order chi connectivity index (χ0) is 16.1. The number of carbonyl (C=O) groups excluding carboxylic acids is 1. The lowest BCUT2D eigenvalue weighted by Crippen LogP contribution is -2.25. The maximum Gasteiger partial charge on any atom is 0.223 e. The Labute approximate surface area is 139 Å². The molecule has 2 aromatic rings. The van der Waals surface area contributed by atoms with Crippen molar-refractivity contribution < 1.29 is 9.90 Å². The Bertz CT molecular complexity index is 657. The van der Waals surface area contributed by atoms with E-state index in [1.807, 2.05) is 25.1 Å². The molecule has 0 saturated carbocycles. The molecule has 1 aromatic carbocycles. The van der Waals surface area contributed by atoms with Crippen molar-refractivity contribution in [2.45, 2.75) is 26.0 Å². The van der Waals surface area contributed by atoms with Crippen molar-refractivity contribution in [1.82, 2.24) is 10.3 Å². The number of rotatable bonds is 5. The molecular weight excluding hydrogens is 323 g/mol. The van der Waals surface area contributed by atoms with E-state index in [1.165, 1.54) is 0 Å². The first-order chi connectivity index (χ1) is 10.4. The van der Waals surface area contributed by atoms with Gasteiger partial charge in [0.15, 0.2) is 0 Å². The Balaban J connectivity index is 1.91. The van der Waals surface area contributed by atoms with Crippen molar-refractivity contribution in [2.75, 3.05) is 0 Å². The lowest BCUT2D eigenvalue weighted by Gasteiger charge is -2.12. The predicted octanol–water partition coefficient (Wildman–Crippen LogP) is 3.44. The van der Waals surface area contributed by atoms with Gasteiger partial charge < -0.3 is 10.4 Å². The molecule has 1 heterocycles. The van der Waals surface area contributed by atoms with Gasteiger partial charge in [-0.25, -0.2) is 0 Å². The summed E-state index contributed by atoms with van der Waals surface area (Å²) in [4.78, 5) is 16.2. The number of hydrogen-bond acceptors (Lipinski definition) is 3. The fraction of sp³-hybridized carbons (Fsp3) is 0.250. The third-order valence-electron chi connectivity index (χ3n) is 3.06. The predicted molar refractivity (Wildman–Crippen MR) is 86.9 cm³/mol. The number of amides is 1. The van der Waals surface area contributed by atoms with Gasteiger partial charge in [0, 0.05) is 15.7 Å². The van der Waals surface area contributed by atoms with Crippen LogP contribution >= 0.6 is 23.2 Å². The molecule has 0 fully saturated rings. The molecule has 1 unspecified atom stereocenters. The summed E-state index contributed by atoms with van der Waals surface area (Å²) in [5.74, 6) is -0.271. The number of benzene rings is 1. The first kappa shape index (κ1) is 16.7. The summed E-state index contributed by atoms with van der Waals surface area (Å²) in [6.45, 7) is 2.21. The molecular formula is C16H16Cl2N2O2. The minimum Gasteiger partial charge on any atom is -0.388 e. The number of aryl methyl sites for hydroxylation is 1. The summed E-state index contributed by atoms with van der Waals surface area (Å²) >= 11 is 11.8. The average Bonchev–Trinajstić information content (AvgIpc) is 2.44. The first-order valence-electron chi connectivity index (χ1n) is 6.77. The van der Waals surface area contributed by atoms with Crippen molar-refractivity contribution in [3.8, 4) is 0 Å². The fourth-order valence-electron chi connectivity index (χ4n) is 2.02. The third kappa shape index (κ3) is 4.98. The number of hydrogen-bond donors (Lipinski definition) is 2. The van der Waals surface area contributed by atoms with Crippen LogP contribution < -0.4 is 5.32 Å². The lowest BCUT2D eigenvalue weighted by molar-refractivity contribution is -0.123. The molecule has 0 saturated heterocycles. The molecule has 0 spiro atoms. The molecule has 0 aliphatic heterocycles. The average molecular weight is 339 g/mol. The molecule has 2 rings (SSSR count). The highest BCUT2D eigenvalue weighted by Gasteiger charge is 2.14. The van der Waals surface area contributed by atoms with E-state index in [0.717, 1.165) is 11.4 Å². The van der Waals surface area contributed by atoms with Crippen molar-refractivity contribution in [1.29, 1.82) is 0 Å². The smallest absolute Gasteiger partial charge is 0.223 e. The van der Waals surface area contributed by atoms with Crippen LogP contribution in [0.5, 0.6) is 0 Å². The maximum absolute atomic E-state index is 11.9.